The molecule has 402 valence electrons. The van der Waals surface area contributed by atoms with Gasteiger partial charge in [-0.15, -0.1) is 0 Å². The van der Waals surface area contributed by atoms with Gasteiger partial charge < -0.3 is 39.7 Å². The summed E-state index contributed by atoms with van der Waals surface area (Å²) in [5.74, 6) is -4.08. The van der Waals surface area contributed by atoms with Crippen LogP contribution in [0.25, 0.3) is 4.85 Å². The van der Waals surface area contributed by atoms with Gasteiger partial charge in [0.1, 0.15) is 5.54 Å². The van der Waals surface area contributed by atoms with Crippen molar-refractivity contribution in [1.29, 1.82) is 5.26 Å². The van der Waals surface area contributed by atoms with E-state index in [-0.39, 0.29) is 88.4 Å². The lowest BCUT2D eigenvalue weighted by Crippen LogP contribution is -2.48. The van der Waals surface area contributed by atoms with Gasteiger partial charge >= 0.3 is 25.2 Å². The number of methoxy groups -OCH3 is 1. The molecule has 8 rings (SSSR count). The van der Waals surface area contributed by atoms with Gasteiger partial charge in [0.2, 0.25) is 23.6 Å². The lowest BCUT2D eigenvalue weighted by atomic mass is 10.0. The number of sulfone groups is 2. The first-order chi connectivity index (χ1) is 34.7. The number of benzene rings is 2. The lowest BCUT2D eigenvalue weighted by molar-refractivity contribution is -0.140. The van der Waals surface area contributed by atoms with E-state index in [0.29, 0.717) is 25.7 Å². The van der Waals surface area contributed by atoms with Gasteiger partial charge in [-0.05, 0) is 92.6 Å². The minimum atomic E-state index is -5.10. The van der Waals surface area contributed by atoms with Crippen LogP contribution in [0.1, 0.15) is 76.3 Å². The molecule has 6 fully saturated rings. The van der Waals surface area contributed by atoms with E-state index in [9.17, 15) is 67.6 Å². The zero-order chi connectivity index (χ0) is 53.8. The Labute approximate surface area is 424 Å². The van der Waals surface area contributed by atoms with Gasteiger partial charge in [-0.1, -0.05) is 0 Å². The molecule has 6 atom stereocenters. The fourth-order valence-electron chi connectivity index (χ4n) is 10.5. The summed E-state index contributed by atoms with van der Waals surface area (Å²) in [6.45, 7) is 4.26. The van der Waals surface area contributed by atoms with Crippen molar-refractivity contribution in [3.8, 4) is 12.1 Å². The minimum Gasteiger partial charge on any atom is -0.381 e. The molecule has 0 spiro atoms. The number of piperazine rings is 2. The van der Waals surface area contributed by atoms with Crippen molar-refractivity contribution >= 4 is 54.7 Å². The third-order valence-electron chi connectivity index (χ3n) is 15.2. The van der Waals surface area contributed by atoms with E-state index >= 15 is 0 Å². The van der Waals surface area contributed by atoms with Gasteiger partial charge in [-0.25, -0.2) is 16.8 Å². The number of carbonyl (C=O) groups is 4. The van der Waals surface area contributed by atoms with E-state index in [4.69, 9.17) is 9.47 Å². The molecule has 4 amide bonds. The van der Waals surface area contributed by atoms with Crippen molar-refractivity contribution in [2.45, 2.75) is 121 Å². The Kier molecular flexibility index (Phi) is 15.1. The first-order valence-corrected chi connectivity index (χ1v) is 27.3. The van der Waals surface area contributed by atoms with Gasteiger partial charge in [0, 0.05) is 84.7 Å². The number of carbonyl (C=O) groups excluding carboxylic acids is 4. The average Bonchev–Trinajstić information content (AvgIpc) is 4.20. The van der Waals surface area contributed by atoms with E-state index in [1.165, 1.54) is 33.1 Å². The van der Waals surface area contributed by atoms with Crippen LogP contribution in [0, 0.1) is 29.2 Å². The van der Waals surface area contributed by atoms with Crippen molar-refractivity contribution in [1.82, 2.24) is 20.4 Å². The standard InChI is InChI=1S/C48H56F6N8O10S2/c1-29(63)59-12-16-61(17-13-59)31-4-6-41(37(20-31)47(49,50)51)73(67,68)33-22-35(39(24-33)71-3)43(65)58-46(10-11-46)27-56-28-72-40-25-34(23-36(40)44(66)57-45(26-55)8-9-45)74(69,70)42-7-5-32(21-38(42)48(52,53)54)62-18-14-60(15-19-62)30(2)64/h4-7,20-21,33-36,39-40H,8-19,22-25,28H2,1-3H3,(H-,57,58,65,66)/p+1. The fraction of sp³-hybridized carbons (Fsp3) is 0.625. The molecular formula is C48H57F6N8O10S2+. The van der Waals surface area contributed by atoms with Gasteiger partial charge in [0.15, 0.2) is 25.2 Å². The average molecular weight is 1080 g/mol. The van der Waals surface area contributed by atoms with Crippen LogP contribution in [-0.4, -0.2) is 150 Å². The summed E-state index contributed by atoms with van der Waals surface area (Å²) in [5.41, 5.74) is -4.83. The third kappa shape index (κ3) is 11.4. The number of rotatable bonds is 13. The molecule has 6 aliphatic rings. The number of amides is 4. The summed E-state index contributed by atoms with van der Waals surface area (Å²) in [5, 5.41) is 12.1. The summed E-state index contributed by atoms with van der Waals surface area (Å²) >= 11 is 0. The van der Waals surface area contributed by atoms with Crippen LogP contribution < -0.4 is 20.4 Å². The van der Waals surface area contributed by atoms with Crippen molar-refractivity contribution in [2.75, 3.05) is 76.0 Å². The van der Waals surface area contributed by atoms with E-state index in [1.54, 1.807) is 19.6 Å². The number of anilines is 2. The maximum absolute atomic E-state index is 14.7. The van der Waals surface area contributed by atoms with Crippen molar-refractivity contribution < 1.29 is 71.8 Å². The van der Waals surface area contributed by atoms with E-state index in [1.807, 2.05) is 6.07 Å². The summed E-state index contributed by atoms with van der Waals surface area (Å²) < 4.78 is 156. The Morgan fingerprint density at radius 3 is 1.45 bits per heavy atom. The molecule has 2 saturated heterocycles. The number of nitrogens with one attached hydrogen (secondary N) is 2. The van der Waals surface area contributed by atoms with Crippen LogP contribution in [0.15, 0.2) is 46.2 Å². The molecule has 4 saturated carbocycles. The van der Waals surface area contributed by atoms with Crippen LogP contribution >= 0.6 is 0 Å². The summed E-state index contributed by atoms with van der Waals surface area (Å²) in [6, 6.07) is 10.8. The van der Waals surface area contributed by atoms with E-state index in [0.717, 1.165) is 24.3 Å². The van der Waals surface area contributed by atoms with Crippen LogP contribution in [-0.2, 0) is 60.7 Å². The van der Waals surface area contributed by atoms with E-state index in [2.05, 4.69) is 21.5 Å². The molecule has 2 heterocycles. The zero-order valence-corrected chi connectivity index (χ0v) is 42.4. The molecule has 0 bridgehead atoms. The molecule has 4 aliphatic carbocycles. The number of hydrogen-bond acceptors (Lipinski definition) is 13. The highest BCUT2D eigenvalue weighted by atomic mass is 32.2. The number of alkyl halides is 6. The number of hydrogen-bond donors (Lipinski definition) is 2. The molecule has 2 aliphatic heterocycles. The lowest BCUT2D eigenvalue weighted by Gasteiger charge is -2.36. The Morgan fingerprint density at radius 1 is 0.662 bits per heavy atom. The molecule has 0 aromatic heterocycles. The second-order valence-electron chi connectivity index (χ2n) is 20.0. The van der Waals surface area contributed by atoms with E-state index < -0.39 is 130 Å². The summed E-state index contributed by atoms with van der Waals surface area (Å²) in [6.07, 6.45) is -12.6. The number of ether oxygens (including phenoxy) is 2. The molecule has 2 aromatic carbocycles. The second kappa shape index (κ2) is 20.4. The molecule has 2 aromatic rings. The zero-order valence-electron chi connectivity index (χ0n) is 40.8. The van der Waals surface area contributed by atoms with Crippen molar-refractivity contribution in [3.63, 3.8) is 0 Å². The predicted molar refractivity (Wildman–Crippen MR) is 253 cm³/mol. The second-order valence-corrected chi connectivity index (χ2v) is 24.4. The van der Waals surface area contributed by atoms with Gasteiger partial charge in [0.05, 0.1) is 61.5 Å². The normalized spacial score (nSPS) is 25.6. The highest BCUT2D eigenvalue weighted by Crippen LogP contribution is 2.46. The summed E-state index contributed by atoms with van der Waals surface area (Å²) in [7, 11) is -8.24. The largest absolute Gasteiger partial charge is 0.417 e. The summed E-state index contributed by atoms with van der Waals surface area (Å²) in [4.78, 5) is 59.7. The molecule has 26 heteroatoms. The molecule has 74 heavy (non-hydrogen) atoms. The molecule has 0 radical (unpaired) electrons. The van der Waals surface area contributed by atoms with Crippen LogP contribution in [0.3, 0.4) is 0 Å². The van der Waals surface area contributed by atoms with Gasteiger partial charge in [-0.2, -0.15) is 31.6 Å². The Balaban J connectivity index is 0.939. The van der Waals surface area contributed by atoms with Crippen molar-refractivity contribution in [3.05, 3.63) is 52.4 Å². The third-order valence-corrected chi connectivity index (χ3v) is 19.7. The molecule has 18 nitrogen and oxygen atoms in total. The highest BCUT2D eigenvalue weighted by molar-refractivity contribution is 7.92. The van der Waals surface area contributed by atoms with Gasteiger partial charge in [-0.3, -0.25) is 19.2 Å². The number of nitriles is 1. The van der Waals surface area contributed by atoms with Crippen LogP contribution in [0.2, 0.25) is 0 Å². The monoisotopic (exact) mass is 1080 g/mol. The Hall–Kier alpha value is -5.70. The first-order valence-electron chi connectivity index (χ1n) is 24.3. The number of nitrogens with zero attached hydrogens (tertiary/aromatic N) is 6. The predicted octanol–water partition coefficient (Wildman–Crippen LogP) is 4.38. The topological polar surface area (TPSA) is 220 Å². The Bertz CT molecular complexity index is 2880. The Morgan fingerprint density at radius 2 is 1.07 bits per heavy atom. The van der Waals surface area contributed by atoms with Crippen molar-refractivity contribution in [2.24, 2.45) is 11.8 Å². The maximum atomic E-state index is 14.7. The molecular weight excluding hydrogens is 1030 g/mol. The number of halogens is 6. The SMILES string of the molecule is COC1CC(S(=O)(=O)c2ccc(N3CCN(C(C)=O)CC3)cc2C(F)(F)F)CC1C(=O)NC1(C#[N+]COC2CC(S(=O)(=O)c3ccc(N4CCN(C(C)=O)CC4)cc3C(F)(F)F)CC2C(=O)NC2(C#N)CC2)CC1. The molecule has 2 N–H and O–H groups in total. The van der Waals surface area contributed by atoms with Crippen LogP contribution in [0.5, 0.6) is 0 Å². The quantitative estimate of drug-likeness (QED) is 0.267. The highest BCUT2D eigenvalue weighted by Gasteiger charge is 2.55. The fourth-order valence-corrected chi connectivity index (χ4v) is 14.5. The maximum Gasteiger partial charge on any atom is 0.417 e. The smallest absolute Gasteiger partial charge is 0.381 e. The van der Waals surface area contributed by atoms with Crippen LogP contribution in [0.4, 0.5) is 37.7 Å². The van der Waals surface area contributed by atoms with Gasteiger partial charge in [0.25, 0.3) is 0 Å². The first kappa shape index (κ1) is 54.6. The minimum absolute atomic E-state index is 0.118. The molecule has 6 unspecified atom stereocenters.